The van der Waals surface area contributed by atoms with Crippen molar-refractivity contribution in [3.8, 4) is 5.75 Å². The van der Waals surface area contributed by atoms with Gasteiger partial charge in [-0.15, -0.1) is 0 Å². The van der Waals surface area contributed by atoms with Gasteiger partial charge in [0.2, 0.25) is 10.0 Å². The van der Waals surface area contributed by atoms with Crippen molar-refractivity contribution in [3.05, 3.63) is 23.8 Å². The summed E-state index contributed by atoms with van der Waals surface area (Å²) in [6, 6.07) is 4.92. The van der Waals surface area contributed by atoms with E-state index in [1.807, 2.05) is 0 Å². The first-order valence-corrected chi connectivity index (χ1v) is 8.73. The fourth-order valence-corrected chi connectivity index (χ4v) is 4.32. The van der Waals surface area contributed by atoms with Crippen LogP contribution in [0.2, 0.25) is 0 Å². The van der Waals surface area contributed by atoms with Gasteiger partial charge in [0.1, 0.15) is 10.6 Å². The molecule has 1 atom stereocenters. The molecule has 0 bridgehead atoms. The number of rotatable bonds is 6. The van der Waals surface area contributed by atoms with Crippen molar-refractivity contribution >= 4 is 16.0 Å². The number of nitrogens with zero attached hydrogens (tertiary/aromatic N) is 1. The quantitative estimate of drug-likeness (QED) is 0.836. The summed E-state index contributed by atoms with van der Waals surface area (Å²) in [4.78, 5) is 11.5. The Morgan fingerprint density at radius 3 is 2.65 bits per heavy atom. The van der Waals surface area contributed by atoms with E-state index in [0.717, 1.165) is 9.87 Å². The topological polar surface area (TPSA) is 93.1 Å². The highest BCUT2D eigenvalue weighted by atomic mass is 32.2. The van der Waals surface area contributed by atoms with Crippen LogP contribution < -0.4 is 4.74 Å². The molecule has 1 saturated heterocycles. The summed E-state index contributed by atoms with van der Waals surface area (Å²) < 4.78 is 37.4. The number of carboxylic acid groups (broad SMARTS) is 1. The Morgan fingerprint density at radius 2 is 2.13 bits per heavy atom. The molecule has 7 nitrogen and oxygen atoms in total. The number of ether oxygens (including phenoxy) is 2. The van der Waals surface area contributed by atoms with Crippen molar-refractivity contribution in [2.45, 2.75) is 30.8 Å². The number of carboxylic acids is 1. The zero-order valence-electron chi connectivity index (χ0n) is 13.4. The van der Waals surface area contributed by atoms with Crippen LogP contribution in [0.1, 0.15) is 18.9 Å². The predicted octanol–water partition coefficient (Wildman–Crippen LogP) is 1.26. The Kier molecular flexibility index (Phi) is 4.98. The SMILES string of the molecule is CCOc1ccc(C)cc1S(=O)(=O)N1CCC(OC)(C(=O)O)C1. The Balaban J connectivity index is 2.41. The highest BCUT2D eigenvalue weighted by molar-refractivity contribution is 7.89. The average Bonchev–Trinajstić information content (AvgIpc) is 2.96. The summed E-state index contributed by atoms with van der Waals surface area (Å²) in [6.07, 6.45) is 0.105. The molecule has 128 valence electrons. The van der Waals surface area contributed by atoms with Crippen LogP contribution in [0.5, 0.6) is 5.75 Å². The number of carbonyl (C=O) groups is 1. The predicted molar refractivity (Wildman–Crippen MR) is 83.1 cm³/mol. The van der Waals surface area contributed by atoms with Crippen molar-refractivity contribution in [1.82, 2.24) is 4.31 Å². The van der Waals surface area contributed by atoms with Gasteiger partial charge in [-0.05, 0) is 31.5 Å². The highest BCUT2D eigenvalue weighted by Gasteiger charge is 2.49. The number of hydrogen-bond acceptors (Lipinski definition) is 5. The molecule has 0 radical (unpaired) electrons. The normalized spacial score (nSPS) is 22.2. The number of aliphatic carboxylic acids is 1. The molecule has 1 aromatic rings. The second-order valence-corrected chi connectivity index (χ2v) is 7.38. The van der Waals surface area contributed by atoms with Crippen LogP contribution >= 0.6 is 0 Å². The monoisotopic (exact) mass is 343 g/mol. The third kappa shape index (κ3) is 3.19. The number of benzene rings is 1. The summed E-state index contributed by atoms with van der Waals surface area (Å²) in [5.74, 6) is -0.893. The lowest BCUT2D eigenvalue weighted by Crippen LogP contribution is -2.44. The molecule has 1 aromatic carbocycles. The maximum Gasteiger partial charge on any atom is 0.337 e. The molecule has 23 heavy (non-hydrogen) atoms. The van der Waals surface area contributed by atoms with Gasteiger partial charge in [0, 0.05) is 20.1 Å². The zero-order chi connectivity index (χ0) is 17.3. The number of hydrogen-bond donors (Lipinski definition) is 1. The lowest BCUT2D eigenvalue weighted by molar-refractivity contribution is -0.160. The molecule has 0 aromatic heterocycles. The van der Waals surface area contributed by atoms with E-state index in [-0.39, 0.29) is 30.2 Å². The molecule has 1 fully saturated rings. The first kappa shape index (κ1) is 17.7. The van der Waals surface area contributed by atoms with Crippen LogP contribution in [0.15, 0.2) is 23.1 Å². The molecule has 2 rings (SSSR count). The van der Waals surface area contributed by atoms with E-state index >= 15 is 0 Å². The fourth-order valence-electron chi connectivity index (χ4n) is 2.61. The van der Waals surface area contributed by atoms with Crippen molar-refractivity contribution < 1.29 is 27.8 Å². The number of aryl methyl sites for hydroxylation is 1. The molecular formula is C15H21NO6S. The first-order valence-electron chi connectivity index (χ1n) is 7.29. The third-order valence-corrected chi connectivity index (χ3v) is 5.86. The van der Waals surface area contributed by atoms with Crippen molar-refractivity contribution in [1.29, 1.82) is 0 Å². The molecule has 1 unspecified atom stereocenters. The molecule has 8 heteroatoms. The van der Waals surface area contributed by atoms with E-state index in [4.69, 9.17) is 9.47 Å². The van der Waals surface area contributed by atoms with Crippen molar-refractivity contribution in [2.75, 3.05) is 26.8 Å². The molecule has 1 N–H and O–H groups in total. The molecule has 0 spiro atoms. The minimum absolute atomic E-state index is 0.0524. The molecule has 0 amide bonds. The van der Waals surface area contributed by atoms with Gasteiger partial charge in [0.05, 0.1) is 13.2 Å². The largest absolute Gasteiger partial charge is 0.492 e. The second kappa shape index (κ2) is 6.46. The van der Waals surface area contributed by atoms with Gasteiger partial charge in [-0.25, -0.2) is 13.2 Å². The van der Waals surface area contributed by atoms with Gasteiger partial charge in [-0.1, -0.05) is 6.07 Å². The fraction of sp³-hybridized carbons (Fsp3) is 0.533. The van der Waals surface area contributed by atoms with Gasteiger partial charge in [0.25, 0.3) is 0 Å². The molecule has 0 saturated carbocycles. The van der Waals surface area contributed by atoms with Crippen LogP contribution in [0, 0.1) is 6.92 Å². The minimum Gasteiger partial charge on any atom is -0.492 e. The summed E-state index contributed by atoms with van der Waals surface area (Å²) in [6.45, 7) is 3.76. The Hall–Kier alpha value is -1.64. The Bertz CT molecular complexity index is 702. The first-order chi connectivity index (χ1) is 10.8. The summed E-state index contributed by atoms with van der Waals surface area (Å²) in [5.41, 5.74) is -0.717. The van der Waals surface area contributed by atoms with E-state index in [9.17, 15) is 18.3 Å². The Morgan fingerprint density at radius 1 is 1.43 bits per heavy atom. The van der Waals surface area contributed by atoms with E-state index < -0.39 is 21.6 Å². The standard InChI is InChI=1S/C15H21NO6S/c1-4-22-12-6-5-11(2)9-13(12)23(19,20)16-8-7-15(10-16,21-3)14(17)18/h5-6,9H,4,7-8,10H2,1-3H3,(H,17,18). The van der Waals surface area contributed by atoms with Gasteiger partial charge in [0.15, 0.2) is 5.60 Å². The smallest absolute Gasteiger partial charge is 0.337 e. The summed E-state index contributed by atoms with van der Waals surface area (Å²) >= 11 is 0. The van der Waals surface area contributed by atoms with E-state index in [2.05, 4.69) is 0 Å². The average molecular weight is 343 g/mol. The number of sulfonamides is 1. The van der Waals surface area contributed by atoms with E-state index in [0.29, 0.717) is 6.61 Å². The van der Waals surface area contributed by atoms with Crippen molar-refractivity contribution in [2.24, 2.45) is 0 Å². The van der Waals surface area contributed by atoms with Crippen molar-refractivity contribution in [3.63, 3.8) is 0 Å². The third-order valence-electron chi connectivity index (χ3n) is 3.99. The van der Waals surface area contributed by atoms with Crippen LogP contribution in [0.3, 0.4) is 0 Å². The highest BCUT2D eigenvalue weighted by Crippen LogP contribution is 2.33. The maximum absolute atomic E-state index is 12.9. The summed E-state index contributed by atoms with van der Waals surface area (Å²) in [5, 5.41) is 9.33. The molecule has 1 heterocycles. The van der Waals surface area contributed by atoms with Gasteiger partial charge >= 0.3 is 5.97 Å². The lowest BCUT2D eigenvalue weighted by atomic mass is 10.0. The van der Waals surface area contributed by atoms with Crippen LogP contribution in [-0.2, 0) is 19.6 Å². The number of methoxy groups -OCH3 is 1. The lowest BCUT2D eigenvalue weighted by Gasteiger charge is -2.23. The Labute approximate surface area is 135 Å². The minimum atomic E-state index is -3.86. The zero-order valence-corrected chi connectivity index (χ0v) is 14.2. The molecular weight excluding hydrogens is 322 g/mol. The van der Waals surface area contributed by atoms with Crippen LogP contribution in [0.25, 0.3) is 0 Å². The van der Waals surface area contributed by atoms with Gasteiger partial charge in [-0.2, -0.15) is 4.31 Å². The molecule has 0 aliphatic carbocycles. The van der Waals surface area contributed by atoms with Crippen LogP contribution in [-0.4, -0.2) is 56.2 Å². The summed E-state index contributed by atoms with van der Waals surface area (Å²) in [7, 11) is -2.58. The molecule has 1 aliphatic heterocycles. The second-order valence-electron chi connectivity index (χ2n) is 5.48. The maximum atomic E-state index is 12.9. The van der Waals surface area contributed by atoms with E-state index in [1.165, 1.54) is 13.2 Å². The molecule has 1 aliphatic rings. The van der Waals surface area contributed by atoms with Crippen LogP contribution in [0.4, 0.5) is 0 Å². The van der Waals surface area contributed by atoms with E-state index in [1.54, 1.807) is 26.0 Å². The van der Waals surface area contributed by atoms with Gasteiger partial charge < -0.3 is 14.6 Å². The van der Waals surface area contributed by atoms with Gasteiger partial charge in [-0.3, -0.25) is 0 Å².